The highest BCUT2D eigenvalue weighted by atomic mass is 19.1. The number of amides is 1. The number of nitrogens with one attached hydrogen (secondary N) is 3. The lowest BCUT2D eigenvalue weighted by molar-refractivity contribution is -0.115. The number of rotatable bonds is 7. The molecule has 0 unspecified atom stereocenters. The van der Waals surface area contributed by atoms with E-state index in [-0.39, 0.29) is 11.7 Å². The van der Waals surface area contributed by atoms with Crippen LogP contribution in [0.1, 0.15) is 29.7 Å². The second-order valence-corrected chi connectivity index (χ2v) is 8.60. The molecule has 0 atom stereocenters. The van der Waals surface area contributed by atoms with E-state index in [0.29, 0.717) is 30.3 Å². The van der Waals surface area contributed by atoms with Gasteiger partial charge in [0.15, 0.2) is 11.6 Å². The maximum atomic E-state index is 14.6. The van der Waals surface area contributed by atoms with Crippen molar-refractivity contribution >= 4 is 34.3 Å². The Bertz CT molecular complexity index is 1310. The Morgan fingerprint density at radius 2 is 1.85 bits per heavy atom. The molecule has 174 valence electrons. The highest BCUT2D eigenvalue weighted by molar-refractivity contribution is 5.95. The maximum absolute atomic E-state index is 14.6. The number of nitrogens with zero attached hydrogens (tertiary/aromatic N) is 3. The molecular formula is C26H27FN6O. The largest absolute Gasteiger partial charge is 0.363 e. The number of halogens is 1. The summed E-state index contributed by atoms with van der Waals surface area (Å²) < 4.78 is 14.6. The number of carbonyl (C=O) groups excluding carboxylic acids is 1. The Balaban J connectivity index is 1.20. The Morgan fingerprint density at radius 3 is 2.65 bits per heavy atom. The predicted octanol–water partition coefficient (Wildman–Crippen LogP) is 4.80. The standard InChI is InChI=1S/C26H27FN6O/c1-17-24(27)25(32-26(30-17)33-12-4-5-13-33)29-15-18-8-10-20(11-9-18)31-23(34)14-19-16-28-22-7-3-2-6-21(19)22/h2-3,6-11,16,28H,4-5,12-15H2,1H3,(H,31,34)(H,29,30,32). The Hall–Kier alpha value is -3.94. The second kappa shape index (κ2) is 9.51. The molecule has 4 aromatic rings. The summed E-state index contributed by atoms with van der Waals surface area (Å²) in [5.74, 6) is 0.283. The van der Waals surface area contributed by atoms with Crippen LogP contribution in [0.15, 0.2) is 54.7 Å². The quantitative estimate of drug-likeness (QED) is 0.370. The molecule has 3 heterocycles. The van der Waals surface area contributed by atoms with Crippen molar-refractivity contribution in [2.75, 3.05) is 28.6 Å². The molecule has 1 saturated heterocycles. The van der Waals surface area contributed by atoms with Gasteiger partial charge in [0, 0.05) is 42.4 Å². The van der Waals surface area contributed by atoms with Gasteiger partial charge in [-0.25, -0.2) is 9.37 Å². The van der Waals surface area contributed by atoms with Crippen LogP contribution in [-0.4, -0.2) is 33.9 Å². The number of aromatic amines is 1. The molecule has 1 amide bonds. The lowest BCUT2D eigenvalue weighted by atomic mass is 10.1. The first-order valence-electron chi connectivity index (χ1n) is 11.5. The van der Waals surface area contributed by atoms with Crippen molar-refractivity contribution in [3.63, 3.8) is 0 Å². The molecular weight excluding hydrogens is 431 g/mol. The Kier molecular flexibility index (Phi) is 6.12. The molecule has 0 saturated carbocycles. The van der Waals surface area contributed by atoms with Gasteiger partial charge < -0.3 is 20.5 Å². The van der Waals surface area contributed by atoms with E-state index in [1.165, 1.54) is 0 Å². The fraction of sp³-hybridized carbons (Fsp3) is 0.269. The van der Waals surface area contributed by atoms with Crippen LogP contribution in [0.4, 0.5) is 21.8 Å². The van der Waals surface area contributed by atoms with Crippen LogP contribution < -0.4 is 15.5 Å². The van der Waals surface area contributed by atoms with E-state index < -0.39 is 5.82 Å². The smallest absolute Gasteiger partial charge is 0.228 e. The summed E-state index contributed by atoms with van der Waals surface area (Å²) in [6.07, 6.45) is 4.38. The number of anilines is 3. The summed E-state index contributed by atoms with van der Waals surface area (Å²) >= 11 is 0. The summed E-state index contributed by atoms with van der Waals surface area (Å²) in [5.41, 5.74) is 3.99. The molecule has 3 N–H and O–H groups in total. The lowest BCUT2D eigenvalue weighted by Crippen LogP contribution is -2.22. The van der Waals surface area contributed by atoms with Crippen LogP contribution in [0.2, 0.25) is 0 Å². The third kappa shape index (κ3) is 4.71. The van der Waals surface area contributed by atoms with Gasteiger partial charge in [-0.15, -0.1) is 0 Å². The first-order chi connectivity index (χ1) is 16.6. The molecule has 0 aliphatic carbocycles. The summed E-state index contributed by atoms with van der Waals surface area (Å²) in [6, 6.07) is 15.4. The number of hydrogen-bond donors (Lipinski definition) is 3. The number of H-pyrrole nitrogens is 1. The van der Waals surface area contributed by atoms with Crippen LogP contribution in [0.25, 0.3) is 10.9 Å². The van der Waals surface area contributed by atoms with Crippen molar-refractivity contribution in [3.05, 3.63) is 77.4 Å². The SMILES string of the molecule is Cc1nc(N2CCCC2)nc(NCc2ccc(NC(=O)Cc3c[nH]c4ccccc34)cc2)c1F. The summed E-state index contributed by atoms with van der Waals surface area (Å²) in [6.45, 7) is 3.88. The van der Waals surface area contributed by atoms with Crippen LogP contribution in [0.5, 0.6) is 0 Å². The van der Waals surface area contributed by atoms with E-state index in [9.17, 15) is 9.18 Å². The zero-order valence-electron chi connectivity index (χ0n) is 19.1. The average molecular weight is 459 g/mol. The van der Waals surface area contributed by atoms with Gasteiger partial charge in [-0.3, -0.25) is 4.79 Å². The van der Waals surface area contributed by atoms with Crippen molar-refractivity contribution < 1.29 is 9.18 Å². The van der Waals surface area contributed by atoms with E-state index in [4.69, 9.17) is 0 Å². The fourth-order valence-electron chi connectivity index (χ4n) is 4.27. The number of benzene rings is 2. The van der Waals surface area contributed by atoms with Crippen LogP contribution in [0, 0.1) is 12.7 Å². The van der Waals surface area contributed by atoms with Gasteiger partial charge in [0.1, 0.15) is 0 Å². The zero-order valence-corrected chi connectivity index (χ0v) is 19.1. The second-order valence-electron chi connectivity index (χ2n) is 8.60. The highest BCUT2D eigenvalue weighted by Crippen LogP contribution is 2.23. The number of fused-ring (bicyclic) bond motifs is 1. The zero-order chi connectivity index (χ0) is 23.5. The molecule has 0 radical (unpaired) electrons. The van der Waals surface area contributed by atoms with Gasteiger partial charge in [0.05, 0.1) is 12.1 Å². The van der Waals surface area contributed by atoms with Gasteiger partial charge in [-0.05, 0) is 49.1 Å². The molecule has 5 rings (SSSR count). The fourth-order valence-corrected chi connectivity index (χ4v) is 4.27. The van der Waals surface area contributed by atoms with Gasteiger partial charge in [0.2, 0.25) is 11.9 Å². The third-order valence-electron chi connectivity index (χ3n) is 6.12. The van der Waals surface area contributed by atoms with Gasteiger partial charge >= 0.3 is 0 Å². The molecule has 1 fully saturated rings. The van der Waals surface area contributed by atoms with Gasteiger partial charge in [0.25, 0.3) is 0 Å². The Morgan fingerprint density at radius 1 is 1.09 bits per heavy atom. The average Bonchev–Trinajstić information content (AvgIpc) is 3.52. The summed E-state index contributed by atoms with van der Waals surface area (Å²) in [4.78, 5) is 26.5. The number of aryl methyl sites for hydroxylation is 1. The van der Waals surface area contributed by atoms with Gasteiger partial charge in [-0.2, -0.15) is 4.98 Å². The minimum absolute atomic E-state index is 0.0800. The van der Waals surface area contributed by atoms with Crippen LogP contribution >= 0.6 is 0 Å². The molecule has 2 aromatic carbocycles. The molecule has 34 heavy (non-hydrogen) atoms. The normalized spacial score (nSPS) is 13.4. The first kappa shape index (κ1) is 21.9. The number of carbonyl (C=O) groups is 1. The van der Waals surface area contributed by atoms with Crippen LogP contribution in [0.3, 0.4) is 0 Å². The predicted molar refractivity (Wildman–Crippen MR) is 133 cm³/mol. The van der Waals surface area contributed by atoms with Crippen molar-refractivity contribution in [2.45, 2.75) is 32.7 Å². The van der Waals surface area contributed by atoms with E-state index >= 15 is 0 Å². The molecule has 0 bridgehead atoms. The number of para-hydroxylation sites is 1. The van der Waals surface area contributed by atoms with E-state index in [1.54, 1.807) is 6.92 Å². The summed E-state index contributed by atoms with van der Waals surface area (Å²) in [7, 11) is 0. The minimum Gasteiger partial charge on any atom is -0.363 e. The van der Waals surface area contributed by atoms with Crippen molar-refractivity contribution in [2.24, 2.45) is 0 Å². The topological polar surface area (TPSA) is 85.9 Å². The van der Waals surface area contributed by atoms with E-state index in [2.05, 4.69) is 30.5 Å². The molecule has 0 spiro atoms. The number of hydrogen-bond acceptors (Lipinski definition) is 5. The molecule has 2 aromatic heterocycles. The number of aromatic nitrogens is 3. The minimum atomic E-state index is -0.427. The Labute approximate surface area is 197 Å². The molecule has 8 heteroatoms. The molecule has 1 aliphatic heterocycles. The lowest BCUT2D eigenvalue weighted by Gasteiger charge is -2.17. The van der Waals surface area contributed by atoms with Crippen LogP contribution in [-0.2, 0) is 17.8 Å². The monoisotopic (exact) mass is 458 g/mol. The van der Waals surface area contributed by atoms with Crippen molar-refractivity contribution in [1.29, 1.82) is 0 Å². The molecule has 1 aliphatic rings. The van der Waals surface area contributed by atoms with Crippen molar-refractivity contribution in [1.82, 2.24) is 15.0 Å². The highest BCUT2D eigenvalue weighted by Gasteiger charge is 2.19. The molecule has 7 nitrogen and oxygen atoms in total. The maximum Gasteiger partial charge on any atom is 0.228 e. The summed E-state index contributed by atoms with van der Waals surface area (Å²) in [5, 5.41) is 7.09. The third-order valence-corrected chi connectivity index (χ3v) is 6.12. The van der Waals surface area contributed by atoms with E-state index in [1.807, 2.05) is 54.7 Å². The first-order valence-corrected chi connectivity index (χ1v) is 11.5. The van der Waals surface area contributed by atoms with Crippen molar-refractivity contribution in [3.8, 4) is 0 Å². The van der Waals surface area contributed by atoms with Gasteiger partial charge in [-0.1, -0.05) is 30.3 Å². The van der Waals surface area contributed by atoms with E-state index in [0.717, 1.165) is 48.0 Å².